The number of ketones is 2. The van der Waals surface area contributed by atoms with E-state index in [1.54, 1.807) is 0 Å². The highest BCUT2D eigenvalue weighted by atomic mass is 16.1. The van der Waals surface area contributed by atoms with Crippen molar-refractivity contribution in [3.8, 4) is 0 Å². The van der Waals surface area contributed by atoms with E-state index in [9.17, 15) is 9.59 Å². The van der Waals surface area contributed by atoms with Crippen molar-refractivity contribution in [1.82, 2.24) is 0 Å². The molecule has 1 saturated carbocycles. The van der Waals surface area contributed by atoms with Gasteiger partial charge in [-0.3, -0.25) is 9.59 Å². The van der Waals surface area contributed by atoms with Gasteiger partial charge in [-0.2, -0.15) is 0 Å². The van der Waals surface area contributed by atoms with Crippen LogP contribution in [0.5, 0.6) is 0 Å². The van der Waals surface area contributed by atoms with Gasteiger partial charge in [-0.25, -0.2) is 0 Å². The first-order valence-electron chi connectivity index (χ1n) is 3.62. The summed E-state index contributed by atoms with van der Waals surface area (Å²) in [7, 11) is 0. The van der Waals surface area contributed by atoms with Gasteiger partial charge in [0.05, 0.1) is 5.89 Å². The number of rotatable bonds is 1. The minimum Gasteiger partial charge on any atom is -0.299 e. The van der Waals surface area contributed by atoms with Gasteiger partial charge in [0.15, 0.2) is 0 Å². The van der Waals surface area contributed by atoms with Gasteiger partial charge in [0.2, 0.25) is 0 Å². The molecular formula is C7H10O2. The fraction of sp³-hybridized carbons (Fsp3) is 0.714. The van der Waals surface area contributed by atoms with Crippen LogP contribution in [0.25, 0.3) is 0 Å². The van der Waals surface area contributed by atoms with E-state index in [0.29, 0.717) is 19.3 Å². The second kappa shape index (κ2) is 2.29. The molecule has 1 fully saturated rings. The molecule has 0 aromatic rings. The molecule has 1 atom stereocenters. The third-order valence-corrected chi connectivity index (χ3v) is 1.59. The van der Waals surface area contributed by atoms with E-state index in [1.165, 1.54) is 6.92 Å². The summed E-state index contributed by atoms with van der Waals surface area (Å²) in [5, 5.41) is 0. The van der Waals surface area contributed by atoms with Crippen LogP contribution in [0.2, 0.25) is 0 Å². The maximum atomic E-state index is 10.9. The number of carbonyl (C=O) groups excluding carboxylic acids is 2. The van der Waals surface area contributed by atoms with Gasteiger partial charge in [-0.1, -0.05) is 0 Å². The maximum absolute atomic E-state index is 10.9. The predicted octanol–water partition coefficient (Wildman–Crippen LogP) is 0.945. The lowest BCUT2D eigenvalue weighted by molar-refractivity contribution is -0.129. The monoisotopic (exact) mass is 127 g/mol. The van der Waals surface area contributed by atoms with E-state index in [2.05, 4.69) is 0 Å². The second-order valence-corrected chi connectivity index (χ2v) is 2.31. The average Bonchev–Trinajstić information content (AvgIpc) is 2.15. The Labute approximate surface area is 55.7 Å². The normalized spacial score (nSPS) is 36.6. The Kier molecular flexibility index (Phi) is 1.31. The zero-order valence-corrected chi connectivity index (χ0v) is 5.44. The van der Waals surface area contributed by atoms with Gasteiger partial charge in [0.25, 0.3) is 0 Å². The Morgan fingerprint density at radius 3 is 2.78 bits per heavy atom. The van der Waals surface area contributed by atoms with Crippen molar-refractivity contribution in [3.63, 3.8) is 0 Å². The topological polar surface area (TPSA) is 34.1 Å². The Morgan fingerprint density at radius 2 is 2.56 bits per heavy atom. The molecule has 1 aliphatic carbocycles. The third kappa shape index (κ3) is 1.18. The number of carbonyl (C=O) groups is 2. The van der Waals surface area contributed by atoms with Crippen LogP contribution in [0.3, 0.4) is 0 Å². The molecule has 0 radical (unpaired) electrons. The molecule has 2 nitrogen and oxygen atoms in total. The summed E-state index contributed by atoms with van der Waals surface area (Å²) in [5.74, 6) is -1.89. The van der Waals surface area contributed by atoms with Crippen LogP contribution in [0.15, 0.2) is 0 Å². The molecule has 2 heteroatoms. The van der Waals surface area contributed by atoms with Gasteiger partial charge in [-0.15, -0.1) is 0 Å². The molecule has 0 spiro atoms. The Hall–Kier alpha value is -0.660. The predicted molar refractivity (Wildman–Crippen MR) is 33.0 cm³/mol. The molecular weight excluding hydrogens is 116 g/mol. The third-order valence-electron chi connectivity index (χ3n) is 1.59. The largest absolute Gasteiger partial charge is 0.299 e. The average molecular weight is 127 g/mol. The van der Waals surface area contributed by atoms with Crippen LogP contribution in [0, 0.1) is 5.89 Å². The lowest BCUT2D eigenvalue weighted by Gasteiger charge is -1.98. The van der Waals surface area contributed by atoms with Crippen LogP contribution >= 0.6 is 0 Å². The van der Waals surface area contributed by atoms with E-state index in [1.807, 2.05) is 0 Å². The van der Waals surface area contributed by atoms with Crippen LogP contribution in [0.4, 0.5) is 0 Å². The first-order valence-corrected chi connectivity index (χ1v) is 3.12. The molecule has 0 aliphatic heterocycles. The number of hydrogen-bond donors (Lipinski definition) is 0. The Morgan fingerprint density at radius 1 is 1.89 bits per heavy atom. The summed E-state index contributed by atoms with van der Waals surface area (Å²) in [5.41, 5.74) is 0. The summed E-state index contributed by atoms with van der Waals surface area (Å²) in [6.45, 7) is 1.32. The van der Waals surface area contributed by atoms with Crippen LogP contribution in [-0.4, -0.2) is 11.6 Å². The van der Waals surface area contributed by atoms with Crippen molar-refractivity contribution in [2.24, 2.45) is 5.89 Å². The molecule has 1 rings (SSSR count). The van der Waals surface area contributed by atoms with Gasteiger partial charge in [-0.05, 0) is 19.8 Å². The number of Topliss-reactive ketones (excluding diaryl/α,β-unsaturated/α-hetero) is 2. The molecule has 0 amide bonds. The molecule has 1 unspecified atom stereocenters. The summed E-state index contributed by atoms with van der Waals surface area (Å²) in [4.78, 5) is 21.7. The highest BCUT2D eigenvalue weighted by Gasteiger charge is 2.27. The molecule has 0 saturated heterocycles. The molecule has 0 heterocycles. The Bertz CT molecular complexity index is 188. The number of hydrogen-bond acceptors (Lipinski definition) is 2. The smallest absolute Gasteiger partial charge is 0.143 e. The summed E-state index contributed by atoms with van der Waals surface area (Å²) >= 11 is 0. The lowest BCUT2D eigenvalue weighted by atomic mass is 10.0. The quantitative estimate of drug-likeness (QED) is 0.491. The molecule has 50 valence electrons. The fourth-order valence-corrected chi connectivity index (χ4v) is 1.09. The van der Waals surface area contributed by atoms with Crippen LogP contribution in [-0.2, 0) is 9.59 Å². The van der Waals surface area contributed by atoms with E-state index in [4.69, 9.17) is 1.37 Å². The SMILES string of the molecule is [2H]C1(C(C)=O)CCCC1=O. The highest BCUT2D eigenvalue weighted by Crippen LogP contribution is 2.21. The van der Waals surface area contributed by atoms with Gasteiger partial charge >= 0.3 is 0 Å². The van der Waals surface area contributed by atoms with Crippen molar-refractivity contribution >= 4 is 11.6 Å². The lowest BCUT2D eigenvalue weighted by Crippen LogP contribution is -2.14. The zero-order chi connectivity index (χ0) is 7.78. The molecule has 0 bridgehead atoms. The van der Waals surface area contributed by atoms with E-state index in [-0.39, 0.29) is 11.6 Å². The first-order chi connectivity index (χ1) is 4.57. The molecule has 0 aromatic carbocycles. The standard InChI is InChI=1S/C7H10O2/c1-5(8)6-3-2-4-7(6)9/h6H,2-4H2,1H3/i6D. The highest BCUT2D eigenvalue weighted by molar-refractivity contribution is 6.02. The Balaban J connectivity index is 2.86. The zero-order valence-electron chi connectivity index (χ0n) is 6.44. The first kappa shape index (κ1) is 5.15. The summed E-state index contributed by atoms with van der Waals surface area (Å²) in [6, 6.07) is 0. The minimum atomic E-state index is -1.38. The fourth-order valence-electron chi connectivity index (χ4n) is 1.09. The van der Waals surface area contributed by atoms with Crippen molar-refractivity contribution in [3.05, 3.63) is 0 Å². The van der Waals surface area contributed by atoms with Crippen LogP contribution < -0.4 is 0 Å². The molecule has 0 aromatic heterocycles. The molecule has 0 N–H and O–H groups in total. The van der Waals surface area contributed by atoms with Gasteiger partial charge in [0, 0.05) is 7.79 Å². The second-order valence-electron chi connectivity index (χ2n) is 2.31. The van der Waals surface area contributed by atoms with Gasteiger partial charge < -0.3 is 0 Å². The van der Waals surface area contributed by atoms with E-state index >= 15 is 0 Å². The minimum absolute atomic E-state index is 0.208. The van der Waals surface area contributed by atoms with Crippen molar-refractivity contribution in [1.29, 1.82) is 0 Å². The van der Waals surface area contributed by atoms with Gasteiger partial charge in [0.1, 0.15) is 11.6 Å². The summed E-state index contributed by atoms with van der Waals surface area (Å²) in [6.07, 6.45) is 1.52. The van der Waals surface area contributed by atoms with E-state index < -0.39 is 5.89 Å². The van der Waals surface area contributed by atoms with Crippen molar-refractivity contribution < 1.29 is 11.0 Å². The molecule has 1 aliphatic rings. The van der Waals surface area contributed by atoms with E-state index in [0.717, 1.165) is 0 Å². The maximum Gasteiger partial charge on any atom is 0.143 e. The van der Waals surface area contributed by atoms with Crippen molar-refractivity contribution in [2.75, 3.05) is 0 Å². The molecule has 9 heavy (non-hydrogen) atoms. The van der Waals surface area contributed by atoms with Crippen molar-refractivity contribution in [2.45, 2.75) is 26.2 Å². The summed E-state index contributed by atoms with van der Waals surface area (Å²) < 4.78 is 7.44. The van der Waals surface area contributed by atoms with Crippen LogP contribution in [0.1, 0.15) is 27.6 Å².